The van der Waals surface area contributed by atoms with E-state index in [2.05, 4.69) is 9.47 Å². The van der Waals surface area contributed by atoms with Crippen LogP contribution in [0.3, 0.4) is 0 Å². The largest absolute Gasteiger partial charge is 0.573 e. The van der Waals surface area contributed by atoms with E-state index in [9.17, 15) is 31.1 Å². The number of hydrogen-bond acceptors (Lipinski definition) is 4. The van der Waals surface area contributed by atoms with Crippen molar-refractivity contribution in [3.05, 3.63) is 23.8 Å². The topological polar surface area (TPSA) is 81.8 Å². The van der Waals surface area contributed by atoms with E-state index >= 15 is 0 Å². The normalized spacial score (nSPS) is 14.7. The minimum atomic E-state index is -5.11. The van der Waals surface area contributed by atoms with Crippen LogP contribution in [0.15, 0.2) is 18.2 Å². The number of halogens is 6. The Balaban J connectivity index is 3.16. The zero-order chi connectivity index (χ0) is 19.4. The van der Waals surface area contributed by atoms with E-state index in [1.165, 1.54) is 6.92 Å². The molecule has 0 spiro atoms. The first-order chi connectivity index (χ1) is 11.3. The maximum absolute atomic E-state index is 12.3. The fourth-order valence-corrected chi connectivity index (χ4v) is 2.12. The number of carbonyl (C=O) groups is 1. The molecule has 2 atom stereocenters. The number of benzene rings is 1. The second-order valence-electron chi connectivity index (χ2n) is 5.24. The van der Waals surface area contributed by atoms with Gasteiger partial charge in [0.25, 0.3) is 0 Å². The van der Waals surface area contributed by atoms with Crippen molar-refractivity contribution in [2.75, 3.05) is 6.54 Å². The van der Waals surface area contributed by atoms with Crippen LogP contribution in [0.1, 0.15) is 24.8 Å². The number of carboxylic acid groups (broad SMARTS) is 1. The Bertz CT molecular complexity index is 568. The first kappa shape index (κ1) is 20.9. The summed E-state index contributed by atoms with van der Waals surface area (Å²) in [6.07, 6.45) is -10.3. The number of carboxylic acids is 1. The highest BCUT2D eigenvalue weighted by molar-refractivity contribution is 5.70. The lowest BCUT2D eigenvalue weighted by molar-refractivity contribution is -0.276. The molecule has 0 aromatic heterocycles. The summed E-state index contributed by atoms with van der Waals surface area (Å²) in [4.78, 5) is 11.0. The van der Waals surface area contributed by atoms with E-state index in [0.29, 0.717) is 6.07 Å². The van der Waals surface area contributed by atoms with Gasteiger partial charge in [0.1, 0.15) is 11.5 Å². The Hall–Kier alpha value is -2.17. The molecule has 2 unspecified atom stereocenters. The smallest absolute Gasteiger partial charge is 0.481 e. The van der Waals surface area contributed by atoms with Crippen molar-refractivity contribution < 1.29 is 45.7 Å². The zero-order valence-electron chi connectivity index (χ0n) is 12.8. The fraction of sp³-hybridized carbons (Fsp3) is 0.500. The third-order valence-electron chi connectivity index (χ3n) is 3.21. The van der Waals surface area contributed by atoms with Gasteiger partial charge in [0.05, 0.1) is 5.92 Å². The molecule has 0 bridgehead atoms. The molecule has 0 fully saturated rings. The van der Waals surface area contributed by atoms with Gasteiger partial charge in [0.2, 0.25) is 0 Å². The Labute approximate surface area is 138 Å². The monoisotopic (exact) mass is 375 g/mol. The fourth-order valence-electron chi connectivity index (χ4n) is 2.12. The Morgan fingerprint density at radius 1 is 1.08 bits per heavy atom. The Morgan fingerprint density at radius 2 is 1.52 bits per heavy atom. The minimum absolute atomic E-state index is 0.0132. The van der Waals surface area contributed by atoms with Gasteiger partial charge in [0.15, 0.2) is 0 Å². The van der Waals surface area contributed by atoms with Crippen molar-refractivity contribution in [1.29, 1.82) is 0 Å². The van der Waals surface area contributed by atoms with Crippen molar-refractivity contribution in [2.45, 2.75) is 32.0 Å². The van der Waals surface area contributed by atoms with Gasteiger partial charge in [-0.3, -0.25) is 4.79 Å². The quantitative estimate of drug-likeness (QED) is 0.711. The van der Waals surface area contributed by atoms with Crippen molar-refractivity contribution in [3.8, 4) is 11.5 Å². The van der Waals surface area contributed by atoms with Crippen molar-refractivity contribution >= 4 is 5.97 Å². The van der Waals surface area contributed by atoms with Crippen LogP contribution in [0.2, 0.25) is 0 Å². The van der Waals surface area contributed by atoms with Gasteiger partial charge in [-0.15, -0.1) is 26.3 Å². The van der Waals surface area contributed by atoms with Gasteiger partial charge in [-0.2, -0.15) is 0 Å². The predicted molar refractivity (Wildman–Crippen MR) is 73.0 cm³/mol. The number of rotatable bonds is 7. The summed E-state index contributed by atoms with van der Waals surface area (Å²) >= 11 is 0. The van der Waals surface area contributed by atoms with E-state index in [1.54, 1.807) is 0 Å². The molecule has 5 nitrogen and oxygen atoms in total. The van der Waals surface area contributed by atoms with Crippen LogP contribution in [0.5, 0.6) is 11.5 Å². The molecular formula is C14H15F6NO4. The molecule has 0 radical (unpaired) electrons. The van der Waals surface area contributed by atoms with Crippen LogP contribution in [-0.4, -0.2) is 30.3 Å². The molecule has 3 N–H and O–H groups in total. The molecule has 1 aromatic rings. The lowest BCUT2D eigenvalue weighted by Gasteiger charge is -2.19. The summed E-state index contributed by atoms with van der Waals surface area (Å²) in [5.41, 5.74) is 5.29. The maximum Gasteiger partial charge on any atom is 0.573 e. The molecule has 0 aliphatic heterocycles. The molecule has 142 valence electrons. The highest BCUT2D eigenvalue weighted by Gasteiger charge is 2.34. The van der Waals surface area contributed by atoms with Gasteiger partial charge in [-0.05, 0) is 30.0 Å². The highest BCUT2D eigenvalue weighted by Crippen LogP contribution is 2.35. The summed E-state index contributed by atoms with van der Waals surface area (Å²) in [5.74, 6) is -4.75. The Morgan fingerprint density at radius 3 is 1.84 bits per heavy atom. The molecule has 0 amide bonds. The van der Waals surface area contributed by atoms with E-state index in [0.717, 1.165) is 12.1 Å². The summed E-state index contributed by atoms with van der Waals surface area (Å²) < 4.78 is 81.3. The standard InChI is InChI=1S/C14H15F6NO4/c1-7(2-9(6-21)12(22)23)8-3-10(24-13(15,16)17)5-11(4-8)25-14(18,19)20/h3-5,7,9H,2,6,21H2,1H3,(H,22,23). The number of nitrogens with two attached hydrogens (primary N) is 1. The number of alkyl halides is 6. The van der Waals surface area contributed by atoms with Gasteiger partial charge in [-0.25, -0.2) is 0 Å². The number of ether oxygens (including phenoxy) is 2. The average molecular weight is 375 g/mol. The lowest BCUT2D eigenvalue weighted by atomic mass is 9.90. The molecule has 0 saturated carbocycles. The third kappa shape index (κ3) is 7.50. The third-order valence-corrected chi connectivity index (χ3v) is 3.21. The van der Waals surface area contributed by atoms with Crippen LogP contribution in [0.25, 0.3) is 0 Å². The van der Waals surface area contributed by atoms with Gasteiger partial charge >= 0.3 is 18.7 Å². The summed E-state index contributed by atoms with van der Waals surface area (Å²) in [7, 11) is 0. The summed E-state index contributed by atoms with van der Waals surface area (Å²) in [6.45, 7) is 1.21. The first-order valence-electron chi connectivity index (χ1n) is 6.90. The SMILES string of the molecule is CC(CC(CN)C(=O)O)c1cc(OC(F)(F)F)cc(OC(F)(F)F)c1. The second-order valence-corrected chi connectivity index (χ2v) is 5.24. The number of aliphatic carboxylic acids is 1. The van der Waals surface area contributed by atoms with E-state index < -0.39 is 42.0 Å². The molecule has 11 heteroatoms. The molecule has 0 saturated heterocycles. The van der Waals surface area contributed by atoms with Crippen LogP contribution in [0, 0.1) is 5.92 Å². The van der Waals surface area contributed by atoms with Crippen LogP contribution < -0.4 is 15.2 Å². The first-order valence-corrected chi connectivity index (χ1v) is 6.90. The molecular weight excluding hydrogens is 360 g/mol. The second kappa shape index (κ2) is 7.81. The molecule has 1 rings (SSSR count). The van der Waals surface area contributed by atoms with Crippen LogP contribution in [-0.2, 0) is 4.79 Å². The van der Waals surface area contributed by atoms with Gasteiger partial charge in [0, 0.05) is 12.6 Å². The van der Waals surface area contributed by atoms with E-state index in [1.807, 2.05) is 0 Å². The van der Waals surface area contributed by atoms with Crippen molar-refractivity contribution in [2.24, 2.45) is 11.7 Å². The average Bonchev–Trinajstić information content (AvgIpc) is 2.39. The molecule has 0 aliphatic rings. The summed E-state index contributed by atoms with van der Waals surface area (Å²) in [5, 5.41) is 8.96. The minimum Gasteiger partial charge on any atom is -0.481 e. The van der Waals surface area contributed by atoms with Crippen LogP contribution in [0.4, 0.5) is 26.3 Å². The van der Waals surface area contributed by atoms with Crippen LogP contribution >= 0.6 is 0 Å². The van der Waals surface area contributed by atoms with Crippen molar-refractivity contribution in [1.82, 2.24) is 0 Å². The van der Waals surface area contributed by atoms with E-state index in [4.69, 9.17) is 10.8 Å². The molecule has 25 heavy (non-hydrogen) atoms. The number of hydrogen-bond donors (Lipinski definition) is 2. The van der Waals surface area contributed by atoms with E-state index in [-0.39, 0.29) is 18.5 Å². The maximum atomic E-state index is 12.3. The summed E-state index contributed by atoms with van der Waals surface area (Å²) in [6, 6.07) is 2.18. The van der Waals surface area contributed by atoms with Gasteiger partial charge in [-0.1, -0.05) is 6.92 Å². The lowest BCUT2D eigenvalue weighted by Crippen LogP contribution is -2.25. The molecule has 0 heterocycles. The zero-order valence-corrected chi connectivity index (χ0v) is 12.8. The molecule has 0 aliphatic carbocycles. The highest BCUT2D eigenvalue weighted by atomic mass is 19.4. The van der Waals surface area contributed by atoms with Gasteiger partial charge < -0.3 is 20.3 Å². The Kier molecular flexibility index (Phi) is 6.52. The molecule has 1 aromatic carbocycles. The van der Waals surface area contributed by atoms with Crippen molar-refractivity contribution in [3.63, 3.8) is 0 Å². The predicted octanol–water partition coefficient (Wildman–Crippen LogP) is 3.64.